The molecule has 0 spiro atoms. The normalized spacial score (nSPS) is 16.3. The molecule has 2 aromatic rings. The summed E-state index contributed by atoms with van der Waals surface area (Å²) in [6, 6.07) is 6.03. The van der Waals surface area contributed by atoms with Crippen LogP contribution in [0.3, 0.4) is 0 Å². The van der Waals surface area contributed by atoms with Crippen LogP contribution in [0.1, 0.15) is 52.5 Å². The molecule has 1 aromatic carbocycles. The number of hydrogen-bond donors (Lipinski definition) is 1. The third-order valence-corrected chi connectivity index (χ3v) is 8.00. The van der Waals surface area contributed by atoms with Crippen LogP contribution in [0.15, 0.2) is 18.2 Å². The molecule has 8 heteroatoms. The largest absolute Gasteiger partial charge is 0.462 e. The fourth-order valence-electron chi connectivity index (χ4n) is 4.50. The van der Waals surface area contributed by atoms with E-state index in [9.17, 15) is 4.79 Å². The van der Waals surface area contributed by atoms with Crippen molar-refractivity contribution in [3.05, 3.63) is 44.8 Å². The number of rotatable bonds is 4. The number of piperazine rings is 1. The van der Waals surface area contributed by atoms with Gasteiger partial charge in [0.1, 0.15) is 5.00 Å². The SMILES string of the molecule is CCOC(=O)c1c(NC(=S)N2CCN(c3cc(Cl)ccc3C)CC2)sc2c1CCCCC2. The molecule has 1 aliphatic carbocycles. The zero-order chi connectivity index (χ0) is 22.7. The fraction of sp³-hybridized carbons (Fsp3) is 0.500. The van der Waals surface area contributed by atoms with Gasteiger partial charge in [-0.05, 0) is 75.0 Å². The zero-order valence-electron chi connectivity index (χ0n) is 18.7. The lowest BCUT2D eigenvalue weighted by Crippen LogP contribution is -2.50. The lowest BCUT2D eigenvalue weighted by Gasteiger charge is -2.38. The second-order valence-electron chi connectivity index (χ2n) is 8.32. The van der Waals surface area contributed by atoms with Crippen molar-refractivity contribution in [1.82, 2.24) is 4.90 Å². The predicted octanol–water partition coefficient (Wildman–Crippen LogP) is 5.67. The monoisotopic (exact) mass is 491 g/mol. The molecule has 1 fully saturated rings. The van der Waals surface area contributed by atoms with Crippen molar-refractivity contribution < 1.29 is 9.53 Å². The number of aryl methyl sites for hydroxylation is 2. The van der Waals surface area contributed by atoms with E-state index >= 15 is 0 Å². The number of carbonyl (C=O) groups excluding carboxylic acids is 1. The first-order valence-corrected chi connectivity index (χ1v) is 13.0. The molecular formula is C24H30ClN3O2S2. The number of thiophene rings is 1. The van der Waals surface area contributed by atoms with Gasteiger partial charge in [-0.2, -0.15) is 0 Å². The van der Waals surface area contributed by atoms with Gasteiger partial charge in [0.05, 0.1) is 12.2 Å². The second kappa shape index (κ2) is 10.4. The first-order chi connectivity index (χ1) is 15.5. The standard InChI is InChI=1S/C24H30ClN3O2S2/c1-3-30-23(29)21-18-7-5-4-6-8-20(18)32-22(21)26-24(31)28-13-11-27(12-14-28)19-15-17(25)10-9-16(19)2/h9-10,15H,3-8,11-14H2,1-2H3,(H,26,31). The Balaban J connectivity index is 1.46. The summed E-state index contributed by atoms with van der Waals surface area (Å²) in [5, 5.41) is 5.68. The zero-order valence-corrected chi connectivity index (χ0v) is 21.1. The number of esters is 1. The van der Waals surface area contributed by atoms with Crippen molar-refractivity contribution in [3.63, 3.8) is 0 Å². The smallest absolute Gasteiger partial charge is 0.341 e. The highest BCUT2D eigenvalue weighted by atomic mass is 35.5. The molecule has 1 N–H and O–H groups in total. The maximum atomic E-state index is 12.8. The number of nitrogens with one attached hydrogen (secondary N) is 1. The van der Waals surface area contributed by atoms with Crippen LogP contribution in [-0.2, 0) is 17.6 Å². The highest BCUT2D eigenvalue weighted by Gasteiger charge is 2.27. The summed E-state index contributed by atoms with van der Waals surface area (Å²) < 4.78 is 5.40. The van der Waals surface area contributed by atoms with E-state index in [1.807, 2.05) is 19.1 Å². The Kier molecular flexibility index (Phi) is 7.59. The summed E-state index contributed by atoms with van der Waals surface area (Å²) in [6.07, 6.45) is 5.46. The van der Waals surface area contributed by atoms with Crippen LogP contribution in [-0.4, -0.2) is 48.8 Å². The lowest BCUT2D eigenvalue weighted by molar-refractivity contribution is 0.0527. The van der Waals surface area contributed by atoms with Crippen molar-refractivity contribution in [2.24, 2.45) is 0 Å². The summed E-state index contributed by atoms with van der Waals surface area (Å²) in [6.45, 7) is 7.71. The maximum Gasteiger partial charge on any atom is 0.341 e. The number of anilines is 2. The van der Waals surface area contributed by atoms with Gasteiger partial charge in [0.2, 0.25) is 0 Å². The average Bonchev–Trinajstić information content (AvgIpc) is 2.96. The Labute approximate surface area is 204 Å². The van der Waals surface area contributed by atoms with E-state index in [1.165, 1.54) is 29.0 Å². The van der Waals surface area contributed by atoms with Gasteiger partial charge in [-0.25, -0.2) is 4.79 Å². The minimum absolute atomic E-state index is 0.238. The maximum absolute atomic E-state index is 12.8. The first-order valence-electron chi connectivity index (χ1n) is 11.4. The number of benzene rings is 1. The van der Waals surface area contributed by atoms with Gasteiger partial charge in [-0.15, -0.1) is 11.3 Å². The molecule has 0 amide bonds. The van der Waals surface area contributed by atoms with Crippen molar-refractivity contribution in [2.75, 3.05) is 43.0 Å². The van der Waals surface area contributed by atoms with Crippen LogP contribution in [0, 0.1) is 6.92 Å². The molecule has 5 nitrogen and oxygen atoms in total. The van der Waals surface area contributed by atoms with E-state index in [4.69, 9.17) is 28.6 Å². The minimum atomic E-state index is -0.238. The Morgan fingerprint density at radius 2 is 1.94 bits per heavy atom. The topological polar surface area (TPSA) is 44.8 Å². The van der Waals surface area contributed by atoms with Crippen LogP contribution < -0.4 is 10.2 Å². The summed E-state index contributed by atoms with van der Waals surface area (Å²) in [7, 11) is 0. The first kappa shape index (κ1) is 23.3. The molecule has 0 bridgehead atoms. The number of nitrogens with zero attached hydrogens (tertiary/aromatic N) is 2. The van der Waals surface area contributed by atoms with Crippen molar-refractivity contribution in [1.29, 1.82) is 0 Å². The van der Waals surface area contributed by atoms with Crippen LogP contribution in [0.25, 0.3) is 0 Å². The van der Waals surface area contributed by atoms with Gasteiger partial charge in [0.25, 0.3) is 0 Å². The van der Waals surface area contributed by atoms with Crippen LogP contribution in [0.5, 0.6) is 0 Å². The number of ether oxygens (including phenoxy) is 1. The van der Waals surface area contributed by atoms with E-state index < -0.39 is 0 Å². The summed E-state index contributed by atoms with van der Waals surface area (Å²) in [4.78, 5) is 18.6. The average molecular weight is 492 g/mol. The molecule has 1 saturated heterocycles. The molecule has 1 aromatic heterocycles. The van der Waals surface area contributed by atoms with Crippen LogP contribution >= 0.6 is 35.2 Å². The molecule has 0 saturated carbocycles. The number of fused-ring (bicyclic) bond motifs is 1. The van der Waals surface area contributed by atoms with E-state index in [0.29, 0.717) is 17.3 Å². The molecule has 4 rings (SSSR count). The Hall–Kier alpha value is -1.83. The molecule has 32 heavy (non-hydrogen) atoms. The third-order valence-electron chi connectivity index (χ3n) is 6.20. The number of thiocarbonyl (C=S) groups is 1. The minimum Gasteiger partial charge on any atom is -0.462 e. The van der Waals surface area contributed by atoms with Gasteiger partial charge in [0, 0.05) is 41.8 Å². The lowest BCUT2D eigenvalue weighted by atomic mass is 10.1. The predicted molar refractivity (Wildman–Crippen MR) is 138 cm³/mol. The van der Waals surface area contributed by atoms with Crippen LogP contribution in [0.4, 0.5) is 10.7 Å². The molecule has 2 heterocycles. The van der Waals surface area contributed by atoms with E-state index in [-0.39, 0.29) is 5.97 Å². The molecule has 0 unspecified atom stereocenters. The Morgan fingerprint density at radius 1 is 1.19 bits per heavy atom. The molecule has 2 aliphatic rings. The van der Waals surface area contributed by atoms with Crippen LogP contribution in [0.2, 0.25) is 5.02 Å². The number of carbonyl (C=O) groups is 1. The highest BCUT2D eigenvalue weighted by molar-refractivity contribution is 7.80. The fourth-order valence-corrected chi connectivity index (χ4v) is 6.29. The van der Waals surface area contributed by atoms with Gasteiger partial charge in [-0.3, -0.25) is 0 Å². The summed E-state index contributed by atoms with van der Waals surface area (Å²) in [5.41, 5.74) is 4.27. The Morgan fingerprint density at radius 3 is 2.69 bits per heavy atom. The third kappa shape index (κ3) is 5.05. The number of hydrogen-bond acceptors (Lipinski definition) is 5. The Bertz CT molecular complexity index is 999. The molecule has 0 radical (unpaired) electrons. The van der Waals surface area contributed by atoms with Gasteiger partial charge < -0.3 is 19.9 Å². The summed E-state index contributed by atoms with van der Waals surface area (Å²) in [5.74, 6) is -0.238. The molecule has 172 valence electrons. The van der Waals surface area contributed by atoms with Crippen molar-refractivity contribution in [2.45, 2.75) is 46.0 Å². The second-order valence-corrected chi connectivity index (χ2v) is 10.3. The van der Waals surface area contributed by atoms with Crippen molar-refractivity contribution in [3.8, 4) is 0 Å². The quantitative estimate of drug-likeness (QED) is 0.337. The van der Waals surface area contributed by atoms with Gasteiger partial charge >= 0.3 is 5.97 Å². The molecule has 1 aliphatic heterocycles. The van der Waals surface area contributed by atoms with E-state index in [0.717, 1.165) is 61.0 Å². The van der Waals surface area contributed by atoms with Gasteiger partial charge in [0.15, 0.2) is 5.11 Å². The number of halogens is 1. The highest BCUT2D eigenvalue weighted by Crippen LogP contribution is 2.38. The molecular weight excluding hydrogens is 462 g/mol. The van der Waals surface area contributed by atoms with Gasteiger partial charge in [-0.1, -0.05) is 24.1 Å². The summed E-state index contributed by atoms with van der Waals surface area (Å²) >= 11 is 13.7. The van der Waals surface area contributed by atoms with E-state index in [1.54, 1.807) is 11.3 Å². The van der Waals surface area contributed by atoms with Crippen molar-refractivity contribution >= 4 is 56.9 Å². The van der Waals surface area contributed by atoms with E-state index in [2.05, 4.69) is 28.1 Å². The molecule has 0 atom stereocenters.